The zero-order valence-corrected chi connectivity index (χ0v) is 10.9. The molecule has 0 saturated carbocycles. The molecule has 0 aromatic heterocycles. The first kappa shape index (κ1) is 14.8. The Balaban J connectivity index is 2.96. The highest BCUT2D eigenvalue weighted by Crippen LogP contribution is 2.12. The van der Waals surface area contributed by atoms with Gasteiger partial charge >= 0.3 is 0 Å². The summed E-state index contributed by atoms with van der Waals surface area (Å²) < 4.78 is 0. The first-order valence-electron chi connectivity index (χ1n) is 5.99. The molecule has 0 rings (SSSR count). The van der Waals surface area contributed by atoms with Crippen molar-refractivity contribution < 1.29 is 4.79 Å². The Hall–Kier alpha value is -0.180. The van der Waals surface area contributed by atoms with Crippen LogP contribution in [0.3, 0.4) is 0 Å². The second-order valence-electron chi connectivity index (χ2n) is 4.47. The normalized spacial score (nSPS) is 10.9. The lowest BCUT2D eigenvalue weighted by Gasteiger charge is -2.04. The lowest BCUT2D eigenvalue weighted by molar-refractivity contribution is -0.115. The predicted octanol–water partition coefficient (Wildman–Crippen LogP) is 3.20. The van der Waals surface area contributed by atoms with Crippen molar-refractivity contribution in [3.05, 3.63) is 0 Å². The number of carbonyl (C=O) groups is 1. The number of hydrogen-bond acceptors (Lipinski definition) is 2. The fourth-order valence-electron chi connectivity index (χ4n) is 1.46. The Labute approximate surface area is 98.4 Å². The minimum absolute atomic E-state index is 0.197. The van der Waals surface area contributed by atoms with Gasteiger partial charge in [-0.25, -0.2) is 0 Å². The van der Waals surface area contributed by atoms with Gasteiger partial charge < -0.3 is 5.73 Å². The van der Waals surface area contributed by atoms with Gasteiger partial charge in [0.15, 0.2) is 0 Å². The van der Waals surface area contributed by atoms with E-state index in [0.717, 1.165) is 11.7 Å². The molecule has 0 aromatic rings. The van der Waals surface area contributed by atoms with E-state index in [1.165, 1.54) is 38.5 Å². The molecule has 0 spiro atoms. The number of unbranched alkanes of at least 4 members (excludes halogenated alkanes) is 4. The third-order valence-corrected chi connectivity index (χ3v) is 3.38. The van der Waals surface area contributed by atoms with Gasteiger partial charge in [0, 0.05) is 0 Å². The van der Waals surface area contributed by atoms with Crippen molar-refractivity contribution in [2.45, 2.75) is 52.4 Å². The summed E-state index contributed by atoms with van der Waals surface area (Å²) in [6, 6.07) is 0. The number of amides is 1. The lowest BCUT2D eigenvalue weighted by Crippen LogP contribution is -2.13. The Morgan fingerprint density at radius 1 is 1.13 bits per heavy atom. The van der Waals surface area contributed by atoms with E-state index in [1.54, 1.807) is 11.8 Å². The molecule has 0 unspecified atom stereocenters. The number of hydrogen-bond donors (Lipinski definition) is 1. The van der Waals surface area contributed by atoms with Crippen LogP contribution in [0.1, 0.15) is 52.4 Å². The zero-order chi connectivity index (χ0) is 11.5. The van der Waals surface area contributed by atoms with Gasteiger partial charge in [0.2, 0.25) is 5.91 Å². The molecule has 3 heteroatoms. The summed E-state index contributed by atoms with van der Waals surface area (Å²) in [6.45, 7) is 4.56. The van der Waals surface area contributed by atoms with Crippen LogP contribution in [-0.2, 0) is 4.79 Å². The van der Waals surface area contributed by atoms with Crippen molar-refractivity contribution in [2.75, 3.05) is 11.5 Å². The number of thioether (sulfide) groups is 1. The summed E-state index contributed by atoms with van der Waals surface area (Å²) in [5.41, 5.74) is 5.04. The monoisotopic (exact) mass is 231 g/mol. The molecule has 0 fully saturated rings. The summed E-state index contributed by atoms with van der Waals surface area (Å²) in [4.78, 5) is 10.4. The molecule has 15 heavy (non-hydrogen) atoms. The minimum atomic E-state index is -0.197. The first-order chi connectivity index (χ1) is 7.13. The Bertz CT molecular complexity index is 160. The quantitative estimate of drug-likeness (QED) is 0.587. The summed E-state index contributed by atoms with van der Waals surface area (Å²) in [5.74, 6) is 2.20. The van der Waals surface area contributed by atoms with Gasteiger partial charge in [0.05, 0.1) is 5.75 Å². The number of primary amides is 1. The average molecular weight is 231 g/mol. The van der Waals surface area contributed by atoms with Gasteiger partial charge in [-0.05, 0) is 18.1 Å². The second kappa shape index (κ2) is 10.3. The van der Waals surface area contributed by atoms with E-state index in [4.69, 9.17) is 5.73 Å². The number of carbonyl (C=O) groups excluding carboxylic acids is 1. The van der Waals surface area contributed by atoms with Crippen LogP contribution < -0.4 is 5.73 Å². The lowest BCUT2D eigenvalue weighted by atomic mass is 10.0. The van der Waals surface area contributed by atoms with Crippen LogP contribution >= 0.6 is 11.8 Å². The van der Waals surface area contributed by atoms with Crippen molar-refractivity contribution in [3.8, 4) is 0 Å². The highest BCUT2D eigenvalue weighted by atomic mass is 32.2. The Morgan fingerprint density at radius 3 is 2.33 bits per heavy atom. The van der Waals surface area contributed by atoms with Gasteiger partial charge in [-0.15, -0.1) is 0 Å². The molecular weight excluding hydrogens is 206 g/mol. The maximum atomic E-state index is 10.4. The molecule has 0 aliphatic carbocycles. The standard InChI is InChI=1S/C12H25NOS/c1-11(2)8-6-4-3-5-7-9-15-10-12(13)14/h11H,3-10H2,1-2H3,(H2,13,14). The topological polar surface area (TPSA) is 43.1 Å². The molecule has 0 saturated heterocycles. The first-order valence-corrected chi connectivity index (χ1v) is 7.14. The fraction of sp³-hybridized carbons (Fsp3) is 0.917. The Morgan fingerprint density at radius 2 is 1.73 bits per heavy atom. The summed E-state index contributed by atoms with van der Waals surface area (Å²) in [6.07, 6.45) is 7.94. The fourth-order valence-corrected chi connectivity index (χ4v) is 2.21. The molecule has 0 bridgehead atoms. The van der Waals surface area contributed by atoms with Crippen LogP contribution in [0.25, 0.3) is 0 Å². The van der Waals surface area contributed by atoms with Gasteiger partial charge in [0.1, 0.15) is 0 Å². The molecule has 90 valence electrons. The molecule has 0 aliphatic heterocycles. The summed E-state index contributed by atoms with van der Waals surface area (Å²) in [7, 11) is 0. The highest BCUT2D eigenvalue weighted by Gasteiger charge is 1.96. The molecule has 2 N–H and O–H groups in total. The smallest absolute Gasteiger partial charge is 0.227 e. The molecule has 0 heterocycles. The molecule has 0 atom stereocenters. The van der Waals surface area contributed by atoms with Gasteiger partial charge in [-0.1, -0.05) is 46.0 Å². The Kier molecular flexibility index (Phi) is 10.2. The second-order valence-corrected chi connectivity index (χ2v) is 5.57. The molecule has 0 radical (unpaired) electrons. The van der Waals surface area contributed by atoms with Crippen molar-refractivity contribution >= 4 is 17.7 Å². The van der Waals surface area contributed by atoms with E-state index in [2.05, 4.69) is 13.8 Å². The van der Waals surface area contributed by atoms with E-state index >= 15 is 0 Å². The maximum Gasteiger partial charge on any atom is 0.227 e. The average Bonchev–Trinajstić information content (AvgIpc) is 2.14. The van der Waals surface area contributed by atoms with Crippen molar-refractivity contribution in [1.29, 1.82) is 0 Å². The van der Waals surface area contributed by atoms with Crippen LogP contribution in [0.2, 0.25) is 0 Å². The highest BCUT2D eigenvalue weighted by molar-refractivity contribution is 7.99. The molecule has 0 aliphatic rings. The van der Waals surface area contributed by atoms with Crippen molar-refractivity contribution in [3.63, 3.8) is 0 Å². The predicted molar refractivity (Wildman–Crippen MR) is 69.1 cm³/mol. The summed E-state index contributed by atoms with van der Waals surface area (Å²) in [5, 5.41) is 0. The third-order valence-electron chi connectivity index (χ3n) is 2.31. The van der Waals surface area contributed by atoms with Crippen LogP contribution in [-0.4, -0.2) is 17.4 Å². The van der Waals surface area contributed by atoms with Gasteiger partial charge in [0.25, 0.3) is 0 Å². The van der Waals surface area contributed by atoms with Crippen LogP contribution in [0, 0.1) is 5.92 Å². The maximum absolute atomic E-state index is 10.4. The summed E-state index contributed by atoms with van der Waals surface area (Å²) >= 11 is 1.66. The number of rotatable bonds is 10. The van der Waals surface area contributed by atoms with E-state index in [-0.39, 0.29) is 5.91 Å². The molecule has 0 aromatic carbocycles. The minimum Gasteiger partial charge on any atom is -0.369 e. The van der Waals surface area contributed by atoms with E-state index in [9.17, 15) is 4.79 Å². The van der Waals surface area contributed by atoms with Crippen LogP contribution in [0.5, 0.6) is 0 Å². The van der Waals surface area contributed by atoms with E-state index in [0.29, 0.717) is 5.75 Å². The van der Waals surface area contributed by atoms with Crippen LogP contribution in [0.15, 0.2) is 0 Å². The van der Waals surface area contributed by atoms with Gasteiger partial charge in [-0.2, -0.15) is 11.8 Å². The number of nitrogens with two attached hydrogens (primary N) is 1. The van der Waals surface area contributed by atoms with Crippen molar-refractivity contribution in [1.82, 2.24) is 0 Å². The molecular formula is C12H25NOS. The molecule has 2 nitrogen and oxygen atoms in total. The van der Waals surface area contributed by atoms with Crippen molar-refractivity contribution in [2.24, 2.45) is 11.7 Å². The van der Waals surface area contributed by atoms with Crippen LogP contribution in [0.4, 0.5) is 0 Å². The van der Waals surface area contributed by atoms with E-state index < -0.39 is 0 Å². The third kappa shape index (κ3) is 13.8. The van der Waals surface area contributed by atoms with E-state index in [1.807, 2.05) is 0 Å². The molecule has 1 amide bonds. The van der Waals surface area contributed by atoms with Gasteiger partial charge in [-0.3, -0.25) is 4.79 Å². The SMILES string of the molecule is CC(C)CCCCCCCSCC(N)=O. The zero-order valence-electron chi connectivity index (χ0n) is 10.1. The largest absolute Gasteiger partial charge is 0.369 e.